The van der Waals surface area contributed by atoms with Crippen molar-refractivity contribution in [3.63, 3.8) is 0 Å². The number of aryl methyl sites for hydroxylation is 1. The zero-order chi connectivity index (χ0) is 13.0. The van der Waals surface area contributed by atoms with Crippen LogP contribution in [-0.4, -0.2) is 16.0 Å². The zero-order valence-electron chi connectivity index (χ0n) is 10.9. The summed E-state index contributed by atoms with van der Waals surface area (Å²) in [5.41, 5.74) is 7.60. The Balaban J connectivity index is 2.15. The molecule has 1 aromatic heterocycles. The number of nitrogens with two attached hydrogens (primary N) is 1. The summed E-state index contributed by atoms with van der Waals surface area (Å²) in [6.07, 6.45) is 7.72. The van der Waals surface area contributed by atoms with Gasteiger partial charge in [0.2, 0.25) is 0 Å². The van der Waals surface area contributed by atoms with Gasteiger partial charge in [-0.25, -0.2) is 4.98 Å². The smallest absolute Gasteiger partial charge is 0.136 e. The van der Waals surface area contributed by atoms with E-state index in [0.29, 0.717) is 11.0 Å². The van der Waals surface area contributed by atoms with E-state index >= 15 is 0 Å². The molecule has 0 amide bonds. The molecule has 1 aromatic rings. The number of nitrogens with zero attached hydrogens (tertiary/aromatic N) is 1. The maximum atomic E-state index is 5.75. The van der Waals surface area contributed by atoms with E-state index in [1.807, 2.05) is 19.1 Å². The second-order valence-electron chi connectivity index (χ2n) is 5.05. The highest BCUT2D eigenvalue weighted by atomic mass is 32.1. The lowest BCUT2D eigenvalue weighted by Gasteiger charge is -2.19. The molecule has 1 heterocycles. The molecule has 3 N–H and O–H groups in total. The Hall–Kier alpha value is -1.16. The first-order valence-electron chi connectivity index (χ1n) is 6.71. The molecule has 1 aliphatic rings. The fraction of sp³-hybridized carbons (Fsp3) is 0.571. The molecular weight excluding hydrogens is 242 g/mol. The Morgan fingerprint density at radius 3 is 2.56 bits per heavy atom. The third-order valence-corrected chi connectivity index (χ3v) is 3.72. The van der Waals surface area contributed by atoms with E-state index < -0.39 is 0 Å². The predicted octanol–water partition coefficient (Wildman–Crippen LogP) is 3.16. The summed E-state index contributed by atoms with van der Waals surface area (Å²) in [5.74, 6) is 0.856. The van der Waals surface area contributed by atoms with Gasteiger partial charge >= 0.3 is 0 Å². The van der Waals surface area contributed by atoms with E-state index in [1.165, 1.54) is 38.5 Å². The van der Waals surface area contributed by atoms with Crippen LogP contribution < -0.4 is 11.1 Å². The van der Waals surface area contributed by atoms with Gasteiger partial charge in [-0.3, -0.25) is 0 Å². The number of hydrogen-bond donors (Lipinski definition) is 2. The summed E-state index contributed by atoms with van der Waals surface area (Å²) < 4.78 is 0. The van der Waals surface area contributed by atoms with Crippen LogP contribution in [-0.2, 0) is 0 Å². The van der Waals surface area contributed by atoms with Crippen molar-refractivity contribution in [3.05, 3.63) is 23.4 Å². The van der Waals surface area contributed by atoms with Crippen molar-refractivity contribution in [2.45, 2.75) is 51.5 Å². The third-order valence-electron chi connectivity index (χ3n) is 3.50. The number of hydrogen-bond acceptors (Lipinski definition) is 3. The third kappa shape index (κ3) is 3.42. The quantitative estimate of drug-likeness (QED) is 0.649. The second kappa shape index (κ2) is 6.14. The van der Waals surface area contributed by atoms with Gasteiger partial charge in [0.15, 0.2) is 0 Å². The van der Waals surface area contributed by atoms with Crippen molar-refractivity contribution in [1.82, 2.24) is 4.98 Å². The van der Waals surface area contributed by atoms with Gasteiger partial charge in [-0.2, -0.15) is 0 Å². The second-order valence-corrected chi connectivity index (χ2v) is 5.49. The van der Waals surface area contributed by atoms with Crippen molar-refractivity contribution in [1.29, 1.82) is 0 Å². The van der Waals surface area contributed by atoms with E-state index in [2.05, 4.69) is 10.3 Å². The summed E-state index contributed by atoms with van der Waals surface area (Å²) in [6.45, 7) is 1.99. The molecule has 98 valence electrons. The van der Waals surface area contributed by atoms with Gasteiger partial charge in [0.25, 0.3) is 0 Å². The van der Waals surface area contributed by atoms with Crippen molar-refractivity contribution in [3.8, 4) is 0 Å². The summed E-state index contributed by atoms with van der Waals surface area (Å²) in [7, 11) is 0. The summed E-state index contributed by atoms with van der Waals surface area (Å²) in [5, 5.41) is 3.53. The Kier molecular flexibility index (Phi) is 4.53. The van der Waals surface area contributed by atoms with Crippen LogP contribution in [0.15, 0.2) is 12.1 Å². The average molecular weight is 263 g/mol. The monoisotopic (exact) mass is 263 g/mol. The Morgan fingerprint density at radius 1 is 1.28 bits per heavy atom. The van der Waals surface area contributed by atoms with Crippen LogP contribution in [0, 0.1) is 6.92 Å². The Bertz CT molecular complexity index is 423. The van der Waals surface area contributed by atoms with E-state index in [4.69, 9.17) is 18.0 Å². The van der Waals surface area contributed by atoms with Gasteiger partial charge in [-0.05, 0) is 31.9 Å². The molecule has 0 atom stereocenters. The van der Waals surface area contributed by atoms with Gasteiger partial charge < -0.3 is 11.1 Å². The van der Waals surface area contributed by atoms with Crippen molar-refractivity contribution in [2.75, 3.05) is 5.32 Å². The van der Waals surface area contributed by atoms with Gasteiger partial charge in [0.05, 0.1) is 5.56 Å². The maximum Gasteiger partial charge on any atom is 0.136 e. The van der Waals surface area contributed by atoms with Crippen LogP contribution in [0.2, 0.25) is 0 Å². The van der Waals surface area contributed by atoms with Gasteiger partial charge in [0, 0.05) is 11.7 Å². The fourth-order valence-electron chi connectivity index (χ4n) is 2.48. The first-order chi connectivity index (χ1) is 8.66. The van der Waals surface area contributed by atoms with Crippen molar-refractivity contribution in [2.24, 2.45) is 5.73 Å². The number of rotatable bonds is 3. The van der Waals surface area contributed by atoms with Gasteiger partial charge in [-0.15, -0.1) is 0 Å². The van der Waals surface area contributed by atoms with Crippen LogP contribution >= 0.6 is 12.2 Å². The largest absolute Gasteiger partial charge is 0.389 e. The molecule has 4 heteroatoms. The molecule has 2 rings (SSSR count). The standard InChI is InChI=1S/C14H21N3S/c1-10-8-9-12(13(15)18)14(16-10)17-11-6-4-2-3-5-7-11/h8-9,11H,2-7H2,1H3,(H2,15,18)(H,16,17). The molecule has 0 radical (unpaired) electrons. The van der Waals surface area contributed by atoms with E-state index in [0.717, 1.165) is 17.1 Å². The molecule has 0 aromatic carbocycles. The van der Waals surface area contributed by atoms with Crippen molar-refractivity contribution < 1.29 is 0 Å². The summed E-state index contributed by atoms with van der Waals surface area (Å²) in [6, 6.07) is 4.42. The normalized spacial score (nSPS) is 17.2. The van der Waals surface area contributed by atoms with Crippen LogP contribution in [0.5, 0.6) is 0 Å². The molecule has 0 bridgehead atoms. The molecule has 0 unspecified atom stereocenters. The molecule has 1 saturated carbocycles. The van der Waals surface area contributed by atoms with E-state index in [1.54, 1.807) is 0 Å². The van der Waals surface area contributed by atoms with E-state index in [9.17, 15) is 0 Å². The molecule has 1 aliphatic carbocycles. The lowest BCUT2D eigenvalue weighted by molar-refractivity contribution is 0.617. The highest BCUT2D eigenvalue weighted by Crippen LogP contribution is 2.22. The molecule has 3 nitrogen and oxygen atoms in total. The van der Waals surface area contributed by atoms with E-state index in [-0.39, 0.29) is 0 Å². The minimum atomic E-state index is 0.415. The number of nitrogens with one attached hydrogen (secondary N) is 1. The molecule has 0 spiro atoms. The highest BCUT2D eigenvalue weighted by Gasteiger charge is 2.15. The lowest BCUT2D eigenvalue weighted by atomic mass is 10.1. The SMILES string of the molecule is Cc1ccc(C(N)=S)c(NC2CCCCCC2)n1. The first kappa shape index (κ1) is 13.3. The topological polar surface area (TPSA) is 50.9 Å². The molecule has 0 aliphatic heterocycles. The summed E-state index contributed by atoms with van der Waals surface area (Å²) in [4.78, 5) is 4.96. The molecule has 0 saturated heterocycles. The number of aromatic nitrogens is 1. The molecular formula is C14H21N3S. The highest BCUT2D eigenvalue weighted by molar-refractivity contribution is 7.80. The van der Waals surface area contributed by atoms with Crippen LogP contribution in [0.3, 0.4) is 0 Å². The number of thiocarbonyl (C=S) groups is 1. The molecule has 18 heavy (non-hydrogen) atoms. The first-order valence-corrected chi connectivity index (χ1v) is 7.11. The minimum Gasteiger partial charge on any atom is -0.389 e. The zero-order valence-corrected chi connectivity index (χ0v) is 11.7. The number of anilines is 1. The van der Waals surface area contributed by atoms with Crippen LogP contribution in [0.1, 0.15) is 49.8 Å². The van der Waals surface area contributed by atoms with Gasteiger partial charge in [-0.1, -0.05) is 37.9 Å². The fourth-order valence-corrected chi connectivity index (χ4v) is 2.65. The number of pyridine rings is 1. The Labute approximate surface area is 114 Å². The molecule has 1 fully saturated rings. The average Bonchev–Trinajstić information content (AvgIpc) is 2.57. The van der Waals surface area contributed by atoms with Crippen molar-refractivity contribution >= 4 is 23.0 Å². The van der Waals surface area contributed by atoms with Crippen LogP contribution in [0.25, 0.3) is 0 Å². The van der Waals surface area contributed by atoms with Crippen LogP contribution in [0.4, 0.5) is 5.82 Å². The minimum absolute atomic E-state index is 0.415. The maximum absolute atomic E-state index is 5.75. The lowest BCUT2D eigenvalue weighted by Crippen LogP contribution is -2.22. The Morgan fingerprint density at radius 2 is 1.94 bits per heavy atom. The summed E-state index contributed by atoms with van der Waals surface area (Å²) >= 11 is 5.09. The van der Waals surface area contributed by atoms with Gasteiger partial charge in [0.1, 0.15) is 10.8 Å². The predicted molar refractivity (Wildman–Crippen MR) is 80.0 cm³/mol.